The monoisotopic (exact) mass is 217 g/mol. The largest absolute Gasteiger partial charge is 0.363 e. The Labute approximate surface area is 92.8 Å². The van der Waals surface area contributed by atoms with E-state index < -0.39 is 0 Å². The van der Waals surface area contributed by atoms with Crippen LogP contribution in [0.25, 0.3) is 0 Å². The van der Waals surface area contributed by atoms with Gasteiger partial charge in [-0.1, -0.05) is 12.1 Å². The molecule has 3 fully saturated rings. The number of benzene rings is 1. The lowest BCUT2D eigenvalue weighted by Gasteiger charge is -2.46. The summed E-state index contributed by atoms with van der Waals surface area (Å²) in [6.45, 7) is 0.595. The summed E-state index contributed by atoms with van der Waals surface area (Å²) in [5.74, 6) is 0.00514. The maximum absolute atomic E-state index is 11.9. The first-order valence-corrected chi connectivity index (χ1v) is 5.30. The molecule has 0 spiro atoms. The Morgan fingerprint density at radius 1 is 1.44 bits per heavy atom. The number of hydrogen-bond donors (Lipinski definition) is 0. The highest BCUT2D eigenvalue weighted by Gasteiger charge is 2.45. The number of piperidine rings is 1. The molecule has 16 heavy (non-hydrogen) atoms. The first-order chi connectivity index (χ1) is 7.78. The van der Waals surface area contributed by atoms with Crippen molar-refractivity contribution in [3.8, 4) is 0 Å². The van der Waals surface area contributed by atoms with Crippen LogP contribution in [-0.4, -0.2) is 30.9 Å². The van der Waals surface area contributed by atoms with Crippen LogP contribution in [0.15, 0.2) is 24.3 Å². The van der Waals surface area contributed by atoms with Crippen LogP contribution in [0.1, 0.15) is 16.8 Å². The van der Waals surface area contributed by atoms with Gasteiger partial charge in [-0.2, -0.15) is 0 Å². The Morgan fingerprint density at radius 3 is 2.94 bits per heavy atom. The predicted molar refractivity (Wildman–Crippen MR) is 57.5 cm³/mol. The third kappa shape index (κ3) is 1.34. The molecule has 3 aliphatic rings. The van der Waals surface area contributed by atoms with E-state index in [1.165, 1.54) is 0 Å². The van der Waals surface area contributed by atoms with E-state index in [1.807, 2.05) is 6.07 Å². The Hall–Kier alpha value is -1.68. The number of carbonyl (C=O) groups is 2. The summed E-state index contributed by atoms with van der Waals surface area (Å²) in [7, 11) is 0. The number of hydrogen-bond acceptors (Lipinski definition) is 3. The number of rotatable bonds is 2. The topological polar surface area (TPSA) is 46.6 Å². The van der Waals surface area contributed by atoms with E-state index in [1.54, 1.807) is 23.1 Å². The lowest BCUT2D eigenvalue weighted by atomic mass is 9.97. The molecular weight excluding hydrogens is 206 g/mol. The molecule has 4 nitrogen and oxygen atoms in total. The molecule has 82 valence electrons. The highest BCUT2D eigenvalue weighted by Crippen LogP contribution is 2.32. The number of aldehydes is 1. The normalized spacial score (nSPS) is 27.5. The first-order valence-electron chi connectivity index (χ1n) is 5.30. The Balaban J connectivity index is 1.91. The van der Waals surface area contributed by atoms with Crippen molar-refractivity contribution >= 4 is 17.9 Å². The Kier molecular flexibility index (Phi) is 2.04. The van der Waals surface area contributed by atoms with Gasteiger partial charge < -0.3 is 9.64 Å². The fourth-order valence-electron chi connectivity index (χ4n) is 2.20. The zero-order chi connectivity index (χ0) is 11.1. The van der Waals surface area contributed by atoms with E-state index in [9.17, 15) is 9.59 Å². The smallest absolute Gasteiger partial charge is 0.256 e. The van der Waals surface area contributed by atoms with Crippen LogP contribution in [0.4, 0.5) is 5.69 Å². The molecule has 3 heterocycles. The zero-order valence-corrected chi connectivity index (χ0v) is 8.63. The number of morpholine rings is 1. The SMILES string of the molecule is O=Cc1cccc(N2CC3CC(O3)C2=O)c1. The molecule has 4 heteroatoms. The van der Waals surface area contributed by atoms with Crippen LogP contribution in [0, 0.1) is 0 Å². The zero-order valence-electron chi connectivity index (χ0n) is 8.63. The molecule has 0 saturated carbocycles. The average Bonchev–Trinajstić information content (AvgIpc) is 2.28. The van der Waals surface area contributed by atoms with Crippen molar-refractivity contribution < 1.29 is 14.3 Å². The lowest BCUT2D eigenvalue weighted by molar-refractivity contribution is -0.169. The Morgan fingerprint density at radius 2 is 2.25 bits per heavy atom. The van der Waals surface area contributed by atoms with Gasteiger partial charge in [-0.25, -0.2) is 0 Å². The van der Waals surface area contributed by atoms with Crippen molar-refractivity contribution in [2.24, 2.45) is 0 Å². The van der Waals surface area contributed by atoms with Crippen LogP contribution in [0.3, 0.4) is 0 Å². The number of anilines is 1. The van der Waals surface area contributed by atoms with E-state index in [2.05, 4.69) is 0 Å². The van der Waals surface area contributed by atoms with E-state index in [4.69, 9.17) is 4.74 Å². The number of ether oxygens (including phenoxy) is 1. The third-order valence-electron chi connectivity index (χ3n) is 3.08. The maximum Gasteiger partial charge on any atom is 0.256 e. The third-order valence-corrected chi connectivity index (χ3v) is 3.08. The first kappa shape index (κ1) is 9.54. The molecule has 2 atom stereocenters. The quantitative estimate of drug-likeness (QED) is 0.694. The highest BCUT2D eigenvalue weighted by atomic mass is 16.5. The molecule has 2 bridgehead atoms. The van der Waals surface area contributed by atoms with E-state index >= 15 is 0 Å². The van der Waals surface area contributed by atoms with E-state index in [0.29, 0.717) is 12.1 Å². The van der Waals surface area contributed by atoms with Crippen LogP contribution >= 0.6 is 0 Å². The molecule has 4 rings (SSSR count). The Bertz CT molecular complexity index is 451. The fourth-order valence-corrected chi connectivity index (χ4v) is 2.20. The van der Waals surface area contributed by atoms with E-state index in [-0.39, 0.29) is 18.1 Å². The summed E-state index contributed by atoms with van der Waals surface area (Å²) < 4.78 is 5.33. The predicted octanol–water partition coefficient (Wildman–Crippen LogP) is 1.00. The van der Waals surface area contributed by atoms with Crippen molar-refractivity contribution in [2.45, 2.75) is 18.6 Å². The minimum Gasteiger partial charge on any atom is -0.363 e. The van der Waals surface area contributed by atoms with Gasteiger partial charge >= 0.3 is 0 Å². The van der Waals surface area contributed by atoms with Crippen LogP contribution in [-0.2, 0) is 9.53 Å². The van der Waals surface area contributed by atoms with Crippen LogP contribution in [0.5, 0.6) is 0 Å². The van der Waals surface area contributed by atoms with Crippen LogP contribution in [0.2, 0.25) is 0 Å². The molecule has 1 amide bonds. The molecule has 0 radical (unpaired) electrons. The van der Waals surface area contributed by atoms with Gasteiger partial charge in [-0.15, -0.1) is 0 Å². The van der Waals surface area contributed by atoms with Gasteiger partial charge in [0, 0.05) is 17.7 Å². The van der Waals surface area contributed by atoms with Crippen molar-refractivity contribution in [1.82, 2.24) is 0 Å². The molecule has 0 aliphatic carbocycles. The van der Waals surface area contributed by atoms with Gasteiger partial charge in [0.15, 0.2) is 0 Å². The van der Waals surface area contributed by atoms with E-state index in [0.717, 1.165) is 18.4 Å². The summed E-state index contributed by atoms with van der Waals surface area (Å²) in [6, 6.07) is 7.08. The number of fused-ring (bicyclic) bond motifs is 2. The summed E-state index contributed by atoms with van der Waals surface area (Å²) in [5.41, 5.74) is 1.37. The summed E-state index contributed by atoms with van der Waals surface area (Å²) >= 11 is 0. The molecule has 1 aromatic carbocycles. The highest BCUT2D eigenvalue weighted by molar-refractivity contribution is 5.99. The summed E-state index contributed by atoms with van der Waals surface area (Å²) in [5, 5.41) is 0. The average molecular weight is 217 g/mol. The van der Waals surface area contributed by atoms with Gasteiger partial charge in [0.25, 0.3) is 5.91 Å². The van der Waals surface area contributed by atoms with Crippen molar-refractivity contribution in [1.29, 1.82) is 0 Å². The second-order valence-corrected chi connectivity index (χ2v) is 4.14. The van der Waals surface area contributed by atoms with Gasteiger partial charge in [0.1, 0.15) is 12.4 Å². The van der Waals surface area contributed by atoms with Gasteiger partial charge in [0.2, 0.25) is 0 Å². The molecule has 0 N–H and O–H groups in total. The number of nitrogens with zero attached hydrogens (tertiary/aromatic N) is 1. The van der Waals surface area contributed by atoms with Crippen LogP contribution < -0.4 is 4.90 Å². The molecular formula is C12H11NO3. The van der Waals surface area contributed by atoms with Gasteiger partial charge in [-0.3, -0.25) is 9.59 Å². The summed E-state index contributed by atoms with van der Waals surface area (Å²) in [4.78, 5) is 24.2. The molecule has 2 unspecified atom stereocenters. The van der Waals surface area contributed by atoms with Gasteiger partial charge in [0.05, 0.1) is 12.6 Å². The second kappa shape index (κ2) is 3.42. The summed E-state index contributed by atoms with van der Waals surface area (Å²) in [6.07, 6.45) is 1.53. The maximum atomic E-state index is 11.9. The number of amides is 1. The lowest BCUT2D eigenvalue weighted by Crippen LogP contribution is -2.61. The number of carbonyl (C=O) groups excluding carboxylic acids is 2. The fraction of sp³-hybridized carbons (Fsp3) is 0.333. The van der Waals surface area contributed by atoms with Gasteiger partial charge in [-0.05, 0) is 12.1 Å². The molecule has 0 aromatic heterocycles. The minimum absolute atomic E-state index is 0.00514. The standard InChI is InChI=1S/C12H11NO3/c14-7-8-2-1-3-9(4-8)13-6-10-5-11(16-10)12(13)15/h1-4,7,10-11H,5-6H2. The van der Waals surface area contributed by atoms with Crippen molar-refractivity contribution in [2.75, 3.05) is 11.4 Å². The molecule has 1 aromatic rings. The van der Waals surface area contributed by atoms with Crippen molar-refractivity contribution in [3.05, 3.63) is 29.8 Å². The molecule has 3 aliphatic heterocycles. The molecule has 3 saturated heterocycles. The minimum atomic E-state index is -0.265. The second-order valence-electron chi connectivity index (χ2n) is 4.14. The van der Waals surface area contributed by atoms with Crippen molar-refractivity contribution in [3.63, 3.8) is 0 Å².